The van der Waals surface area contributed by atoms with Crippen molar-refractivity contribution >= 4 is 22.6 Å². The Hall–Kier alpha value is -1.92. The normalized spacial score (nSPS) is 20.7. The molecule has 1 saturated carbocycles. The van der Waals surface area contributed by atoms with Crippen LogP contribution in [0.15, 0.2) is 18.2 Å². The maximum absolute atomic E-state index is 12.8. The highest BCUT2D eigenvalue weighted by atomic mass is 16.5. The zero-order chi connectivity index (χ0) is 16.6. The first-order valence-corrected chi connectivity index (χ1v) is 8.79. The number of nitrogens with two attached hydrogens (primary N) is 1. The number of aromatic amines is 1. The van der Waals surface area contributed by atoms with E-state index in [0.717, 1.165) is 22.5 Å². The van der Waals surface area contributed by atoms with E-state index in [2.05, 4.69) is 15.3 Å². The molecule has 24 heavy (non-hydrogen) atoms. The average molecular weight is 328 g/mol. The van der Waals surface area contributed by atoms with Crippen LogP contribution >= 0.6 is 0 Å². The number of carbonyl (C=O) groups is 1. The lowest BCUT2D eigenvalue weighted by Gasteiger charge is -2.34. The molecule has 1 aliphatic heterocycles. The summed E-state index contributed by atoms with van der Waals surface area (Å²) in [7, 11) is 0. The van der Waals surface area contributed by atoms with Gasteiger partial charge < -0.3 is 20.8 Å². The minimum Gasteiger partial charge on any atom is -0.381 e. The molecule has 2 fully saturated rings. The molecule has 1 aliphatic carbocycles. The number of H-pyrrole nitrogens is 1. The van der Waals surface area contributed by atoms with Crippen LogP contribution < -0.4 is 11.1 Å². The Kier molecular flexibility index (Phi) is 4.02. The first-order chi connectivity index (χ1) is 11.7. The molecular formula is C18H24N4O2. The molecule has 2 heterocycles. The maximum Gasteiger partial charge on any atom is 0.232 e. The quantitative estimate of drug-likeness (QED) is 0.804. The number of aromatic nitrogens is 2. The van der Waals surface area contributed by atoms with E-state index in [-0.39, 0.29) is 5.91 Å². The van der Waals surface area contributed by atoms with Gasteiger partial charge in [0.25, 0.3) is 0 Å². The summed E-state index contributed by atoms with van der Waals surface area (Å²) >= 11 is 0. The van der Waals surface area contributed by atoms with Gasteiger partial charge in [-0.15, -0.1) is 0 Å². The van der Waals surface area contributed by atoms with Crippen LogP contribution in [-0.4, -0.2) is 35.6 Å². The molecule has 6 heteroatoms. The van der Waals surface area contributed by atoms with Crippen molar-refractivity contribution in [2.75, 3.05) is 25.1 Å². The number of rotatable bonds is 4. The van der Waals surface area contributed by atoms with Crippen LogP contribution in [0, 0.1) is 5.41 Å². The molecule has 1 aromatic carbocycles. The second-order valence-electron chi connectivity index (χ2n) is 7.03. The van der Waals surface area contributed by atoms with Gasteiger partial charge in [0.1, 0.15) is 5.82 Å². The van der Waals surface area contributed by atoms with Gasteiger partial charge in [-0.25, -0.2) is 4.98 Å². The zero-order valence-electron chi connectivity index (χ0n) is 13.8. The summed E-state index contributed by atoms with van der Waals surface area (Å²) in [6.45, 7) is 1.53. The van der Waals surface area contributed by atoms with Crippen molar-refractivity contribution in [2.24, 2.45) is 11.1 Å². The number of hydrogen-bond acceptors (Lipinski definition) is 4. The van der Waals surface area contributed by atoms with Crippen LogP contribution in [0.1, 0.15) is 43.8 Å². The molecular weight excluding hydrogens is 304 g/mol. The van der Waals surface area contributed by atoms with Crippen molar-refractivity contribution in [3.63, 3.8) is 0 Å². The van der Waals surface area contributed by atoms with Gasteiger partial charge in [-0.2, -0.15) is 0 Å². The fourth-order valence-electron chi connectivity index (χ4n) is 3.53. The second kappa shape index (κ2) is 6.18. The predicted octanol–water partition coefficient (Wildman–Crippen LogP) is 2.52. The predicted molar refractivity (Wildman–Crippen MR) is 92.9 cm³/mol. The summed E-state index contributed by atoms with van der Waals surface area (Å²) in [6, 6.07) is 5.84. The molecule has 6 nitrogen and oxygen atoms in total. The number of imidazole rings is 1. The summed E-state index contributed by atoms with van der Waals surface area (Å²) in [4.78, 5) is 20.8. The molecule has 0 spiro atoms. The number of anilines is 1. The summed E-state index contributed by atoms with van der Waals surface area (Å²) < 4.78 is 5.38. The zero-order valence-corrected chi connectivity index (χ0v) is 13.8. The Morgan fingerprint density at radius 3 is 2.83 bits per heavy atom. The Balaban J connectivity index is 1.54. The third kappa shape index (κ3) is 2.70. The summed E-state index contributed by atoms with van der Waals surface area (Å²) in [5.74, 6) is 1.63. The molecule has 128 valence electrons. The average Bonchev–Trinajstić information content (AvgIpc) is 2.96. The first kappa shape index (κ1) is 15.6. The Bertz CT molecular complexity index is 745. The number of carbonyl (C=O) groups excluding carboxylic acids is 1. The number of benzene rings is 1. The number of ether oxygens (including phenoxy) is 1. The van der Waals surface area contributed by atoms with Crippen LogP contribution in [-0.2, 0) is 9.53 Å². The molecule has 1 saturated heterocycles. The molecule has 2 aliphatic rings. The van der Waals surface area contributed by atoms with Gasteiger partial charge in [0.15, 0.2) is 0 Å². The lowest BCUT2D eigenvalue weighted by molar-refractivity contribution is -0.130. The molecule has 4 N–H and O–H groups in total. The third-order valence-corrected chi connectivity index (χ3v) is 5.57. The summed E-state index contributed by atoms with van der Waals surface area (Å²) in [5.41, 5.74) is 8.11. The molecule has 1 aromatic heterocycles. The standard InChI is InChI=1S/C18H24N4O2/c19-11-18(6-8-24-9-7-18)17(23)20-13-4-5-14-15(10-13)22-16(21-14)12-2-1-3-12/h4-5,10,12H,1-3,6-9,11,19H2,(H,20,23)(H,21,22). The van der Waals surface area contributed by atoms with Crippen molar-refractivity contribution in [1.82, 2.24) is 9.97 Å². The first-order valence-electron chi connectivity index (χ1n) is 8.79. The van der Waals surface area contributed by atoms with Gasteiger partial charge in [-0.05, 0) is 43.9 Å². The number of hydrogen-bond donors (Lipinski definition) is 3. The van der Waals surface area contributed by atoms with Crippen molar-refractivity contribution in [2.45, 2.75) is 38.0 Å². The van der Waals surface area contributed by atoms with E-state index in [0.29, 0.717) is 38.5 Å². The van der Waals surface area contributed by atoms with E-state index in [4.69, 9.17) is 10.5 Å². The van der Waals surface area contributed by atoms with Gasteiger partial charge in [0, 0.05) is 31.4 Å². The van der Waals surface area contributed by atoms with E-state index in [1.807, 2.05) is 18.2 Å². The Labute approximate surface area is 141 Å². The lowest BCUT2D eigenvalue weighted by atomic mass is 9.79. The fourth-order valence-corrected chi connectivity index (χ4v) is 3.53. The molecule has 0 bridgehead atoms. The highest BCUT2D eigenvalue weighted by Gasteiger charge is 2.38. The van der Waals surface area contributed by atoms with Crippen molar-refractivity contribution in [3.05, 3.63) is 24.0 Å². The number of nitrogens with zero attached hydrogens (tertiary/aromatic N) is 1. The van der Waals surface area contributed by atoms with Crippen LogP contribution in [0.2, 0.25) is 0 Å². The summed E-state index contributed by atoms with van der Waals surface area (Å²) in [5, 5.41) is 3.04. The molecule has 2 aromatic rings. The van der Waals surface area contributed by atoms with Crippen molar-refractivity contribution in [1.29, 1.82) is 0 Å². The van der Waals surface area contributed by atoms with Gasteiger partial charge in [-0.1, -0.05) is 6.42 Å². The van der Waals surface area contributed by atoms with E-state index < -0.39 is 5.41 Å². The van der Waals surface area contributed by atoms with Crippen LogP contribution in [0.4, 0.5) is 5.69 Å². The van der Waals surface area contributed by atoms with E-state index in [9.17, 15) is 4.79 Å². The molecule has 0 unspecified atom stereocenters. The smallest absolute Gasteiger partial charge is 0.232 e. The highest BCUT2D eigenvalue weighted by molar-refractivity contribution is 5.97. The topological polar surface area (TPSA) is 93.0 Å². The van der Waals surface area contributed by atoms with Crippen LogP contribution in [0.5, 0.6) is 0 Å². The molecule has 4 rings (SSSR count). The maximum atomic E-state index is 12.8. The van der Waals surface area contributed by atoms with Crippen LogP contribution in [0.25, 0.3) is 11.0 Å². The third-order valence-electron chi connectivity index (χ3n) is 5.57. The Morgan fingerprint density at radius 2 is 2.17 bits per heavy atom. The second-order valence-corrected chi connectivity index (χ2v) is 7.03. The largest absolute Gasteiger partial charge is 0.381 e. The van der Waals surface area contributed by atoms with E-state index in [1.54, 1.807) is 0 Å². The minimum atomic E-state index is -0.516. The van der Waals surface area contributed by atoms with E-state index in [1.165, 1.54) is 19.3 Å². The van der Waals surface area contributed by atoms with Gasteiger partial charge in [0.05, 0.1) is 16.4 Å². The fraction of sp³-hybridized carbons (Fsp3) is 0.556. The molecule has 0 atom stereocenters. The Morgan fingerprint density at radius 1 is 1.38 bits per heavy atom. The number of amides is 1. The number of nitrogens with one attached hydrogen (secondary N) is 2. The van der Waals surface area contributed by atoms with Gasteiger partial charge >= 0.3 is 0 Å². The highest BCUT2D eigenvalue weighted by Crippen LogP contribution is 2.36. The van der Waals surface area contributed by atoms with Crippen molar-refractivity contribution in [3.8, 4) is 0 Å². The van der Waals surface area contributed by atoms with Gasteiger partial charge in [-0.3, -0.25) is 4.79 Å². The molecule has 0 radical (unpaired) electrons. The minimum absolute atomic E-state index is 0.00798. The monoisotopic (exact) mass is 328 g/mol. The summed E-state index contributed by atoms with van der Waals surface area (Å²) in [6.07, 6.45) is 5.06. The number of fused-ring (bicyclic) bond motifs is 1. The van der Waals surface area contributed by atoms with Gasteiger partial charge in [0.2, 0.25) is 5.91 Å². The SMILES string of the molecule is NCC1(C(=O)Nc2ccc3nc(C4CCC4)[nH]c3c2)CCOCC1. The lowest BCUT2D eigenvalue weighted by Crippen LogP contribution is -2.46. The molecule has 1 amide bonds. The van der Waals surface area contributed by atoms with Crippen LogP contribution in [0.3, 0.4) is 0 Å². The van der Waals surface area contributed by atoms with E-state index >= 15 is 0 Å². The van der Waals surface area contributed by atoms with Crippen molar-refractivity contribution < 1.29 is 9.53 Å².